The number of hydrogen-bond donors (Lipinski definition) is 5. The Morgan fingerprint density at radius 2 is 1.71 bits per heavy atom. The van der Waals surface area contributed by atoms with Crippen LogP contribution in [0.4, 0.5) is 4.79 Å². The molecule has 198 valence electrons. The standard InChI is InChI=1S/C27H30N6O4S/c1-37-27(36)33-22(20(16-9-4-2-5-10-16)17-11-6-3-7-12-17)25(35)32-21(23(34)18-13-8-14-30-18)19-15-38-26(31-19)24(28)29/h2-7,9-12,15,18,20-22,30H,8,13-14H2,1H3,(H3,28,29)(H,32,35)(H,33,36)/t18-,21?,22+/m0/s1. The van der Waals surface area contributed by atoms with Crippen molar-refractivity contribution in [2.45, 2.75) is 36.9 Å². The molecule has 1 saturated heterocycles. The monoisotopic (exact) mass is 534 g/mol. The molecule has 2 amide bonds. The summed E-state index contributed by atoms with van der Waals surface area (Å²) in [5, 5.41) is 18.3. The van der Waals surface area contributed by atoms with E-state index in [1.54, 1.807) is 5.38 Å². The second-order valence-electron chi connectivity index (χ2n) is 8.90. The molecule has 0 spiro atoms. The van der Waals surface area contributed by atoms with E-state index in [0.29, 0.717) is 18.7 Å². The van der Waals surface area contributed by atoms with Crippen LogP contribution in [0.1, 0.15) is 46.6 Å². The normalized spacial score (nSPS) is 16.4. The lowest BCUT2D eigenvalue weighted by molar-refractivity contribution is -0.130. The molecule has 1 fully saturated rings. The molecule has 10 nitrogen and oxygen atoms in total. The number of ketones is 1. The maximum atomic E-state index is 14.0. The van der Waals surface area contributed by atoms with E-state index in [-0.39, 0.29) is 16.6 Å². The van der Waals surface area contributed by atoms with E-state index in [4.69, 9.17) is 15.9 Å². The second-order valence-corrected chi connectivity index (χ2v) is 9.75. The molecule has 6 N–H and O–H groups in total. The zero-order chi connectivity index (χ0) is 27.1. The van der Waals surface area contributed by atoms with Gasteiger partial charge < -0.3 is 26.4 Å². The maximum Gasteiger partial charge on any atom is 0.407 e. The molecule has 0 saturated carbocycles. The largest absolute Gasteiger partial charge is 0.453 e. The van der Waals surface area contributed by atoms with Crippen LogP contribution in [0.25, 0.3) is 0 Å². The van der Waals surface area contributed by atoms with Gasteiger partial charge >= 0.3 is 6.09 Å². The minimum Gasteiger partial charge on any atom is -0.453 e. The first-order chi connectivity index (χ1) is 18.4. The summed E-state index contributed by atoms with van der Waals surface area (Å²) in [7, 11) is 1.22. The van der Waals surface area contributed by atoms with Crippen molar-refractivity contribution in [3.05, 3.63) is 87.9 Å². The molecular weight excluding hydrogens is 504 g/mol. The van der Waals surface area contributed by atoms with E-state index in [2.05, 4.69) is 20.9 Å². The van der Waals surface area contributed by atoms with E-state index in [9.17, 15) is 14.4 Å². The van der Waals surface area contributed by atoms with Crippen LogP contribution in [0.5, 0.6) is 0 Å². The van der Waals surface area contributed by atoms with Gasteiger partial charge in [0.2, 0.25) is 5.91 Å². The van der Waals surface area contributed by atoms with Crippen LogP contribution in [0.2, 0.25) is 0 Å². The Hall–Kier alpha value is -4.09. The van der Waals surface area contributed by atoms with Gasteiger partial charge in [-0.25, -0.2) is 9.78 Å². The summed E-state index contributed by atoms with van der Waals surface area (Å²) in [6, 6.07) is 16.0. The molecule has 2 heterocycles. The van der Waals surface area contributed by atoms with Crippen molar-refractivity contribution in [1.82, 2.24) is 20.9 Å². The zero-order valence-corrected chi connectivity index (χ0v) is 21.7. The topological polar surface area (TPSA) is 159 Å². The molecule has 1 aliphatic rings. The number of benzene rings is 2. The fraction of sp³-hybridized carbons (Fsp3) is 0.296. The van der Waals surface area contributed by atoms with E-state index < -0.39 is 36.0 Å². The number of alkyl carbamates (subject to hydrolysis) is 1. The Kier molecular flexibility index (Phi) is 8.82. The number of thiazole rings is 1. The van der Waals surface area contributed by atoms with Crippen molar-refractivity contribution < 1.29 is 19.1 Å². The van der Waals surface area contributed by atoms with Crippen molar-refractivity contribution in [1.29, 1.82) is 5.41 Å². The number of carbonyl (C=O) groups is 3. The number of Topliss-reactive ketones (excluding diaryl/α,β-unsaturated/α-hetero) is 1. The highest BCUT2D eigenvalue weighted by Crippen LogP contribution is 2.30. The van der Waals surface area contributed by atoms with E-state index in [0.717, 1.165) is 28.9 Å². The number of hydrogen-bond acceptors (Lipinski definition) is 8. The van der Waals surface area contributed by atoms with E-state index in [1.807, 2.05) is 60.7 Å². The molecular formula is C27H30N6O4S. The third kappa shape index (κ3) is 6.24. The summed E-state index contributed by atoms with van der Waals surface area (Å²) in [5.41, 5.74) is 7.48. The third-order valence-electron chi connectivity index (χ3n) is 6.41. The van der Waals surface area contributed by atoms with Crippen LogP contribution < -0.4 is 21.7 Å². The molecule has 1 aromatic heterocycles. The van der Waals surface area contributed by atoms with Gasteiger partial charge in [-0.1, -0.05) is 60.7 Å². The van der Waals surface area contributed by atoms with Crippen molar-refractivity contribution >= 4 is 35.0 Å². The highest BCUT2D eigenvalue weighted by molar-refractivity contribution is 7.11. The third-order valence-corrected chi connectivity index (χ3v) is 7.31. The smallest absolute Gasteiger partial charge is 0.407 e. The fourth-order valence-electron chi connectivity index (χ4n) is 4.58. The van der Waals surface area contributed by atoms with Crippen molar-refractivity contribution in [2.75, 3.05) is 13.7 Å². The van der Waals surface area contributed by atoms with Crippen molar-refractivity contribution in [2.24, 2.45) is 5.73 Å². The quantitative estimate of drug-likeness (QED) is 0.197. The van der Waals surface area contributed by atoms with Gasteiger partial charge in [-0.15, -0.1) is 11.3 Å². The number of nitrogens with one attached hydrogen (secondary N) is 4. The molecule has 3 aromatic rings. The van der Waals surface area contributed by atoms with Crippen LogP contribution in [-0.2, 0) is 14.3 Å². The average molecular weight is 535 g/mol. The number of carbonyl (C=O) groups excluding carboxylic acids is 3. The lowest BCUT2D eigenvalue weighted by Gasteiger charge is -2.29. The predicted molar refractivity (Wildman–Crippen MR) is 144 cm³/mol. The van der Waals surface area contributed by atoms with E-state index in [1.165, 1.54) is 7.11 Å². The Balaban J connectivity index is 1.73. The van der Waals surface area contributed by atoms with Crippen molar-refractivity contribution in [3.8, 4) is 0 Å². The van der Waals surface area contributed by atoms with E-state index >= 15 is 0 Å². The minimum atomic E-state index is -1.12. The highest BCUT2D eigenvalue weighted by Gasteiger charge is 2.38. The first-order valence-electron chi connectivity index (χ1n) is 12.2. The molecule has 0 aliphatic carbocycles. The fourth-order valence-corrected chi connectivity index (χ4v) is 5.28. The number of nitrogens with two attached hydrogens (primary N) is 1. The average Bonchev–Trinajstić information content (AvgIpc) is 3.65. The molecule has 4 rings (SSSR count). The number of amides is 2. The molecule has 11 heteroatoms. The summed E-state index contributed by atoms with van der Waals surface area (Å²) in [6.07, 6.45) is 0.689. The first-order valence-corrected chi connectivity index (χ1v) is 13.1. The number of methoxy groups -OCH3 is 1. The zero-order valence-electron chi connectivity index (χ0n) is 20.8. The number of ether oxygens (including phenoxy) is 1. The number of rotatable bonds is 10. The lowest BCUT2D eigenvalue weighted by atomic mass is 9.84. The van der Waals surface area contributed by atoms with Crippen LogP contribution >= 0.6 is 11.3 Å². The number of amidine groups is 1. The van der Waals surface area contributed by atoms with Crippen LogP contribution in [0.15, 0.2) is 66.0 Å². The van der Waals surface area contributed by atoms with Gasteiger partial charge in [0.05, 0.1) is 18.8 Å². The van der Waals surface area contributed by atoms with Gasteiger partial charge in [-0.05, 0) is 30.5 Å². The number of aromatic nitrogens is 1. The molecule has 38 heavy (non-hydrogen) atoms. The molecule has 0 radical (unpaired) electrons. The van der Waals surface area contributed by atoms with Gasteiger partial charge in [0.15, 0.2) is 16.6 Å². The predicted octanol–water partition coefficient (Wildman–Crippen LogP) is 2.46. The summed E-state index contributed by atoms with van der Waals surface area (Å²) in [5.74, 6) is -1.64. The Bertz CT molecular complexity index is 1240. The number of nitrogens with zero attached hydrogens (tertiary/aromatic N) is 1. The van der Waals surface area contributed by atoms with Crippen LogP contribution in [0, 0.1) is 5.41 Å². The Morgan fingerprint density at radius 3 is 2.21 bits per heavy atom. The molecule has 3 atom stereocenters. The number of nitrogen functional groups attached to an aromatic ring is 1. The van der Waals surface area contributed by atoms with Crippen LogP contribution in [0.3, 0.4) is 0 Å². The molecule has 1 aliphatic heterocycles. The summed E-state index contributed by atoms with van der Waals surface area (Å²) in [6.45, 7) is 0.698. The minimum absolute atomic E-state index is 0.226. The maximum absolute atomic E-state index is 14.0. The first kappa shape index (κ1) is 27.0. The van der Waals surface area contributed by atoms with Gasteiger partial charge in [0.25, 0.3) is 0 Å². The van der Waals surface area contributed by atoms with Gasteiger partial charge in [-0.2, -0.15) is 0 Å². The molecule has 0 bridgehead atoms. The Morgan fingerprint density at radius 1 is 1.08 bits per heavy atom. The summed E-state index contributed by atoms with van der Waals surface area (Å²) >= 11 is 1.12. The highest BCUT2D eigenvalue weighted by atomic mass is 32.1. The Labute approximate surface area is 224 Å². The van der Waals surface area contributed by atoms with Gasteiger partial charge in [0.1, 0.15) is 12.1 Å². The molecule has 1 unspecified atom stereocenters. The summed E-state index contributed by atoms with van der Waals surface area (Å²) < 4.78 is 4.85. The van der Waals surface area contributed by atoms with Crippen LogP contribution in [-0.4, -0.2) is 54.3 Å². The second kappa shape index (κ2) is 12.4. The summed E-state index contributed by atoms with van der Waals surface area (Å²) in [4.78, 5) is 44.3. The van der Waals surface area contributed by atoms with Crippen molar-refractivity contribution in [3.63, 3.8) is 0 Å². The van der Waals surface area contributed by atoms with Gasteiger partial charge in [-0.3, -0.25) is 15.0 Å². The SMILES string of the molecule is COC(=O)N[C@@H](C(=O)NC(C(=O)[C@@H]1CCCN1)c1csc(C(=N)N)n1)C(c1ccccc1)c1ccccc1. The van der Waals surface area contributed by atoms with Gasteiger partial charge in [0, 0.05) is 11.3 Å². The molecule has 2 aromatic carbocycles. The lowest BCUT2D eigenvalue weighted by Crippen LogP contribution is -2.53.